The van der Waals surface area contributed by atoms with Gasteiger partial charge in [0.05, 0.1) is 6.10 Å². The number of amidine groups is 1. The van der Waals surface area contributed by atoms with Crippen LogP contribution in [0.1, 0.15) is 42.3 Å². The highest BCUT2D eigenvalue weighted by molar-refractivity contribution is 8.15. The summed E-state index contributed by atoms with van der Waals surface area (Å²) in [7, 11) is 0. The number of hydrogen-bond donors (Lipinski definition) is 3. The number of aliphatic hydroxyl groups is 1. The second-order valence-corrected chi connectivity index (χ2v) is 8.65. The van der Waals surface area contributed by atoms with Crippen LogP contribution < -0.4 is 10.6 Å². The number of hydrogen-bond acceptors (Lipinski definition) is 6. The van der Waals surface area contributed by atoms with Crippen molar-refractivity contribution in [3.05, 3.63) is 65.7 Å². The first kappa shape index (κ1) is 24.5. The summed E-state index contributed by atoms with van der Waals surface area (Å²) in [4.78, 5) is 43.3. The molecule has 0 aliphatic carbocycles. The van der Waals surface area contributed by atoms with Crippen molar-refractivity contribution in [1.82, 2.24) is 10.2 Å². The van der Waals surface area contributed by atoms with Crippen LogP contribution in [-0.4, -0.2) is 57.8 Å². The number of nitrogens with zero attached hydrogens (tertiary/aromatic N) is 2. The average molecular weight is 469 g/mol. The third-order valence-corrected chi connectivity index (χ3v) is 6.40. The Morgan fingerprint density at radius 1 is 1.12 bits per heavy atom. The molecule has 2 atom stereocenters. The van der Waals surface area contributed by atoms with Gasteiger partial charge in [0.15, 0.2) is 5.17 Å². The predicted molar refractivity (Wildman–Crippen MR) is 130 cm³/mol. The SMILES string of the molecule is CCN(CC)C1=NC(=O)C(CC(=O)Nc2cccc(C(=O)NCC(O)c3ccccc3)c2)S1. The molecule has 0 aromatic heterocycles. The third kappa shape index (κ3) is 6.66. The smallest absolute Gasteiger partial charge is 0.262 e. The van der Waals surface area contributed by atoms with Crippen LogP contribution in [0, 0.1) is 0 Å². The second kappa shape index (κ2) is 11.6. The first-order valence-corrected chi connectivity index (χ1v) is 11.7. The molecule has 0 saturated heterocycles. The molecule has 8 nitrogen and oxygen atoms in total. The van der Waals surface area contributed by atoms with Gasteiger partial charge in [0.2, 0.25) is 5.91 Å². The molecule has 3 rings (SSSR count). The third-order valence-electron chi connectivity index (χ3n) is 5.18. The van der Waals surface area contributed by atoms with Crippen LogP contribution >= 0.6 is 11.8 Å². The lowest BCUT2D eigenvalue weighted by molar-refractivity contribution is -0.121. The molecule has 0 spiro atoms. The summed E-state index contributed by atoms with van der Waals surface area (Å²) >= 11 is 1.31. The lowest BCUT2D eigenvalue weighted by Crippen LogP contribution is -2.28. The van der Waals surface area contributed by atoms with E-state index < -0.39 is 11.4 Å². The topological polar surface area (TPSA) is 111 Å². The molecule has 9 heteroatoms. The molecular weight excluding hydrogens is 440 g/mol. The Morgan fingerprint density at radius 3 is 2.55 bits per heavy atom. The maximum atomic E-state index is 12.5. The molecule has 2 aromatic carbocycles. The first-order valence-electron chi connectivity index (χ1n) is 10.9. The number of nitrogens with one attached hydrogen (secondary N) is 2. The van der Waals surface area contributed by atoms with Crippen molar-refractivity contribution in [2.75, 3.05) is 25.0 Å². The number of aliphatic hydroxyl groups excluding tert-OH is 1. The summed E-state index contributed by atoms with van der Waals surface area (Å²) < 4.78 is 0. The summed E-state index contributed by atoms with van der Waals surface area (Å²) in [5.41, 5.74) is 1.52. The van der Waals surface area contributed by atoms with E-state index in [-0.39, 0.29) is 30.7 Å². The Labute approximate surface area is 197 Å². The standard InChI is InChI=1S/C24H28N4O4S/c1-3-28(4-2)24-27-23(32)20(33-24)14-21(30)26-18-12-8-11-17(13-18)22(31)25-15-19(29)16-9-6-5-7-10-16/h5-13,19-20,29H,3-4,14-15H2,1-2H3,(H,25,31)(H,26,30). The van der Waals surface area contributed by atoms with Gasteiger partial charge in [0.25, 0.3) is 11.8 Å². The van der Waals surface area contributed by atoms with Crippen molar-refractivity contribution >= 4 is 40.3 Å². The lowest BCUT2D eigenvalue weighted by Gasteiger charge is -2.19. The monoisotopic (exact) mass is 468 g/mol. The molecule has 174 valence electrons. The minimum Gasteiger partial charge on any atom is -0.387 e. The Hall–Kier alpha value is -3.17. The van der Waals surface area contributed by atoms with Gasteiger partial charge in [-0.05, 0) is 37.6 Å². The summed E-state index contributed by atoms with van der Waals surface area (Å²) in [6.07, 6.45) is -0.819. The number of thioether (sulfide) groups is 1. The molecule has 2 aromatic rings. The number of rotatable bonds is 9. The van der Waals surface area contributed by atoms with Gasteiger partial charge in [0.1, 0.15) is 5.25 Å². The van der Waals surface area contributed by atoms with Gasteiger partial charge < -0.3 is 20.6 Å². The van der Waals surface area contributed by atoms with E-state index in [1.54, 1.807) is 36.4 Å². The largest absolute Gasteiger partial charge is 0.387 e. The van der Waals surface area contributed by atoms with Crippen molar-refractivity contribution in [2.24, 2.45) is 4.99 Å². The highest BCUT2D eigenvalue weighted by Gasteiger charge is 2.32. The number of carbonyl (C=O) groups excluding carboxylic acids is 3. The average Bonchev–Trinajstić information content (AvgIpc) is 3.18. The van der Waals surface area contributed by atoms with E-state index in [2.05, 4.69) is 15.6 Å². The van der Waals surface area contributed by atoms with Crippen LogP contribution in [0.15, 0.2) is 59.6 Å². The fourth-order valence-corrected chi connectivity index (χ4v) is 4.53. The molecule has 33 heavy (non-hydrogen) atoms. The predicted octanol–water partition coefficient (Wildman–Crippen LogP) is 2.82. The Kier molecular flexibility index (Phi) is 8.62. The molecule has 1 aliphatic rings. The van der Waals surface area contributed by atoms with Gasteiger partial charge in [-0.3, -0.25) is 14.4 Å². The Bertz CT molecular complexity index is 1020. The van der Waals surface area contributed by atoms with E-state index in [0.717, 1.165) is 13.1 Å². The van der Waals surface area contributed by atoms with Gasteiger partial charge in [0, 0.05) is 37.3 Å². The van der Waals surface area contributed by atoms with Gasteiger partial charge >= 0.3 is 0 Å². The van der Waals surface area contributed by atoms with E-state index in [1.807, 2.05) is 36.9 Å². The normalized spacial score (nSPS) is 16.2. The Balaban J connectivity index is 1.53. The maximum Gasteiger partial charge on any atom is 0.262 e. The number of anilines is 1. The van der Waals surface area contributed by atoms with Crippen LogP contribution in [0.25, 0.3) is 0 Å². The summed E-state index contributed by atoms with van der Waals surface area (Å²) in [5, 5.41) is 15.8. The molecule has 1 aliphatic heterocycles. The zero-order valence-electron chi connectivity index (χ0n) is 18.7. The molecule has 2 unspecified atom stereocenters. The molecule has 0 radical (unpaired) electrons. The lowest BCUT2D eigenvalue weighted by atomic mass is 10.1. The van der Waals surface area contributed by atoms with Crippen molar-refractivity contribution in [2.45, 2.75) is 31.6 Å². The number of aliphatic imine (C=N–C) groups is 1. The summed E-state index contributed by atoms with van der Waals surface area (Å²) in [5.74, 6) is -0.990. The van der Waals surface area contributed by atoms with Crippen molar-refractivity contribution in [1.29, 1.82) is 0 Å². The minimum atomic E-state index is -0.817. The maximum absolute atomic E-state index is 12.5. The van der Waals surface area contributed by atoms with Crippen LogP contribution in [0.4, 0.5) is 5.69 Å². The summed E-state index contributed by atoms with van der Waals surface area (Å²) in [6, 6.07) is 15.6. The van der Waals surface area contributed by atoms with E-state index in [4.69, 9.17) is 0 Å². The van der Waals surface area contributed by atoms with Crippen molar-refractivity contribution in [3.63, 3.8) is 0 Å². The number of benzene rings is 2. The number of carbonyl (C=O) groups is 3. The van der Waals surface area contributed by atoms with Gasteiger partial charge in [-0.2, -0.15) is 4.99 Å². The fraction of sp³-hybridized carbons (Fsp3) is 0.333. The molecule has 0 fully saturated rings. The van der Waals surface area contributed by atoms with Crippen molar-refractivity contribution < 1.29 is 19.5 Å². The minimum absolute atomic E-state index is 0.00252. The molecule has 0 bridgehead atoms. The zero-order valence-corrected chi connectivity index (χ0v) is 19.5. The van der Waals surface area contributed by atoms with E-state index in [1.165, 1.54) is 11.8 Å². The van der Waals surface area contributed by atoms with Crippen LogP contribution in [0.5, 0.6) is 0 Å². The Morgan fingerprint density at radius 2 is 1.85 bits per heavy atom. The molecular formula is C24H28N4O4S. The highest BCUT2D eigenvalue weighted by Crippen LogP contribution is 2.27. The second-order valence-electron chi connectivity index (χ2n) is 7.48. The summed E-state index contributed by atoms with van der Waals surface area (Å²) in [6.45, 7) is 5.53. The van der Waals surface area contributed by atoms with Crippen LogP contribution in [-0.2, 0) is 9.59 Å². The molecule has 0 saturated carbocycles. The molecule has 1 heterocycles. The van der Waals surface area contributed by atoms with Gasteiger partial charge in [-0.15, -0.1) is 0 Å². The highest BCUT2D eigenvalue weighted by atomic mass is 32.2. The zero-order chi connectivity index (χ0) is 23.8. The fourth-order valence-electron chi connectivity index (χ4n) is 3.34. The van der Waals surface area contributed by atoms with E-state index in [0.29, 0.717) is 22.0 Å². The van der Waals surface area contributed by atoms with E-state index in [9.17, 15) is 19.5 Å². The van der Waals surface area contributed by atoms with E-state index >= 15 is 0 Å². The molecule has 3 amide bonds. The van der Waals surface area contributed by atoms with Crippen LogP contribution in [0.3, 0.4) is 0 Å². The quantitative estimate of drug-likeness (QED) is 0.522. The molecule has 3 N–H and O–H groups in total. The van der Waals surface area contributed by atoms with Gasteiger partial charge in [-0.1, -0.05) is 48.2 Å². The van der Waals surface area contributed by atoms with Crippen LogP contribution in [0.2, 0.25) is 0 Å². The number of amides is 3. The van der Waals surface area contributed by atoms with Crippen molar-refractivity contribution in [3.8, 4) is 0 Å². The van der Waals surface area contributed by atoms with Gasteiger partial charge in [-0.25, -0.2) is 0 Å². The first-order chi connectivity index (χ1) is 15.9.